The number of carbonyl (C=O) groups is 2. The summed E-state index contributed by atoms with van der Waals surface area (Å²) in [5.41, 5.74) is 3.09. The van der Waals surface area contributed by atoms with Gasteiger partial charge in [-0.2, -0.15) is 0 Å². The summed E-state index contributed by atoms with van der Waals surface area (Å²) in [6.45, 7) is 6.60. The number of amides is 2. The quantitative estimate of drug-likeness (QED) is 0.403. The lowest BCUT2D eigenvalue weighted by atomic mass is 10.1. The van der Waals surface area contributed by atoms with Crippen LogP contribution in [0.4, 0.5) is 5.69 Å². The number of nitrogens with one attached hydrogen (secondary N) is 1. The van der Waals surface area contributed by atoms with Gasteiger partial charge in [0.05, 0.1) is 11.8 Å². The van der Waals surface area contributed by atoms with Gasteiger partial charge in [-0.3, -0.25) is 14.5 Å². The zero-order valence-electron chi connectivity index (χ0n) is 19.6. The summed E-state index contributed by atoms with van der Waals surface area (Å²) >= 11 is 0. The van der Waals surface area contributed by atoms with Crippen LogP contribution in [-0.4, -0.2) is 33.4 Å². The number of furan rings is 1. The zero-order chi connectivity index (χ0) is 24.1. The highest BCUT2D eigenvalue weighted by atomic mass is 16.3. The van der Waals surface area contributed by atoms with Crippen LogP contribution in [0.3, 0.4) is 0 Å². The number of benzene rings is 2. The Balaban J connectivity index is 1.71. The maximum absolute atomic E-state index is 13.8. The fraction of sp³-hybridized carbons (Fsp3) is 0.308. The highest BCUT2D eigenvalue weighted by molar-refractivity contribution is 6.01. The van der Waals surface area contributed by atoms with Crippen molar-refractivity contribution >= 4 is 28.5 Å². The van der Waals surface area contributed by atoms with Crippen LogP contribution < -0.4 is 10.2 Å². The Morgan fingerprint density at radius 1 is 1.06 bits per heavy atom. The summed E-state index contributed by atoms with van der Waals surface area (Å²) in [6.07, 6.45) is 2.34. The van der Waals surface area contributed by atoms with Gasteiger partial charge in [-0.05, 0) is 55.7 Å². The summed E-state index contributed by atoms with van der Waals surface area (Å²) in [6, 6.07) is 17.4. The summed E-state index contributed by atoms with van der Waals surface area (Å²) < 4.78 is 7.19. The molecule has 0 aliphatic rings. The van der Waals surface area contributed by atoms with Gasteiger partial charge in [0.1, 0.15) is 17.8 Å². The van der Waals surface area contributed by atoms with Crippen molar-refractivity contribution in [3.05, 3.63) is 78.3 Å². The molecule has 34 heavy (non-hydrogen) atoms. The molecule has 8 heteroatoms. The SMILES string of the molecule is Cc1ccc(N(C(=O)Cn2nnc3ccccc32)[C@@H](C(=O)NCCC(C)C)c2ccco2)cc1. The van der Waals surface area contributed by atoms with Crippen molar-refractivity contribution < 1.29 is 14.0 Å². The standard InChI is InChI=1S/C26H29N5O3/c1-18(2)14-15-27-26(33)25(23-9-6-16-34-23)31(20-12-10-19(3)11-13-20)24(32)17-30-22-8-5-4-7-21(22)28-29-30/h4-13,16,18,25H,14-15,17H2,1-3H3,(H,27,33)/t25-/m1/s1. The molecule has 0 aliphatic carbocycles. The second-order valence-corrected chi connectivity index (χ2v) is 8.73. The van der Waals surface area contributed by atoms with Gasteiger partial charge in [0, 0.05) is 12.2 Å². The first-order chi connectivity index (χ1) is 16.4. The molecule has 2 aromatic heterocycles. The minimum Gasteiger partial charge on any atom is -0.467 e. The molecule has 8 nitrogen and oxygen atoms in total. The van der Waals surface area contributed by atoms with E-state index in [1.807, 2.05) is 55.5 Å². The van der Waals surface area contributed by atoms with Gasteiger partial charge in [-0.15, -0.1) is 5.10 Å². The monoisotopic (exact) mass is 459 g/mol. The zero-order valence-corrected chi connectivity index (χ0v) is 19.6. The Kier molecular flexibility index (Phi) is 7.06. The normalized spacial score (nSPS) is 12.1. The first-order valence-corrected chi connectivity index (χ1v) is 11.4. The number of anilines is 1. The highest BCUT2D eigenvalue weighted by Gasteiger charge is 2.35. The predicted octanol–water partition coefficient (Wildman–Crippen LogP) is 4.27. The molecule has 0 saturated carbocycles. The van der Waals surface area contributed by atoms with E-state index >= 15 is 0 Å². The Morgan fingerprint density at radius 2 is 1.82 bits per heavy atom. The van der Waals surface area contributed by atoms with E-state index in [1.165, 1.54) is 11.2 Å². The van der Waals surface area contributed by atoms with E-state index in [9.17, 15) is 9.59 Å². The second-order valence-electron chi connectivity index (χ2n) is 8.73. The first-order valence-electron chi connectivity index (χ1n) is 11.4. The number of rotatable bonds is 9. The molecule has 0 spiro atoms. The third-order valence-electron chi connectivity index (χ3n) is 5.63. The van der Waals surface area contributed by atoms with Gasteiger partial charge < -0.3 is 9.73 Å². The van der Waals surface area contributed by atoms with E-state index in [2.05, 4.69) is 29.5 Å². The topological polar surface area (TPSA) is 93.3 Å². The minimum atomic E-state index is -0.966. The Labute approximate surface area is 198 Å². The van der Waals surface area contributed by atoms with Crippen LogP contribution in [0, 0.1) is 12.8 Å². The van der Waals surface area contributed by atoms with Crippen LogP contribution in [-0.2, 0) is 16.1 Å². The maximum atomic E-state index is 13.8. The lowest BCUT2D eigenvalue weighted by molar-refractivity contribution is -0.127. The number of nitrogens with zero attached hydrogens (tertiary/aromatic N) is 4. The largest absolute Gasteiger partial charge is 0.467 e. The molecule has 2 heterocycles. The summed E-state index contributed by atoms with van der Waals surface area (Å²) in [4.78, 5) is 28.7. The number of aryl methyl sites for hydroxylation is 1. The second kappa shape index (κ2) is 10.3. The van der Waals surface area contributed by atoms with Crippen LogP contribution in [0.15, 0.2) is 71.3 Å². The van der Waals surface area contributed by atoms with Gasteiger partial charge in [0.15, 0.2) is 6.04 Å². The van der Waals surface area contributed by atoms with Crippen molar-refractivity contribution in [1.29, 1.82) is 0 Å². The van der Waals surface area contributed by atoms with E-state index in [-0.39, 0.29) is 18.4 Å². The lowest BCUT2D eigenvalue weighted by Gasteiger charge is -2.30. The molecule has 0 saturated heterocycles. The predicted molar refractivity (Wildman–Crippen MR) is 130 cm³/mol. The van der Waals surface area contributed by atoms with Crippen LogP contribution in [0.1, 0.15) is 37.6 Å². The Bertz CT molecular complexity index is 1250. The van der Waals surface area contributed by atoms with Crippen LogP contribution in [0.5, 0.6) is 0 Å². The average molecular weight is 460 g/mol. The van der Waals surface area contributed by atoms with Crippen LogP contribution in [0.25, 0.3) is 11.0 Å². The lowest BCUT2D eigenvalue weighted by Crippen LogP contribution is -2.45. The Hall–Kier alpha value is -3.94. The molecule has 4 aromatic rings. The molecule has 0 fully saturated rings. The highest BCUT2D eigenvalue weighted by Crippen LogP contribution is 2.29. The molecular formula is C26H29N5O3. The molecule has 2 amide bonds. The molecule has 0 radical (unpaired) electrons. The van der Waals surface area contributed by atoms with Gasteiger partial charge in [-0.1, -0.05) is 48.9 Å². The van der Waals surface area contributed by atoms with E-state index in [0.717, 1.165) is 17.5 Å². The van der Waals surface area contributed by atoms with Crippen molar-refractivity contribution in [2.75, 3.05) is 11.4 Å². The van der Waals surface area contributed by atoms with E-state index < -0.39 is 6.04 Å². The molecule has 1 atom stereocenters. The van der Waals surface area contributed by atoms with E-state index in [4.69, 9.17) is 4.42 Å². The number of hydrogen-bond acceptors (Lipinski definition) is 5. The Morgan fingerprint density at radius 3 is 2.53 bits per heavy atom. The van der Waals surface area contributed by atoms with Crippen molar-refractivity contribution in [2.24, 2.45) is 5.92 Å². The van der Waals surface area contributed by atoms with Gasteiger partial charge in [-0.25, -0.2) is 4.68 Å². The van der Waals surface area contributed by atoms with E-state index in [1.54, 1.807) is 16.8 Å². The molecular weight excluding hydrogens is 430 g/mol. The fourth-order valence-corrected chi connectivity index (χ4v) is 3.78. The van der Waals surface area contributed by atoms with Crippen LogP contribution >= 0.6 is 0 Å². The summed E-state index contributed by atoms with van der Waals surface area (Å²) in [7, 11) is 0. The smallest absolute Gasteiger partial charge is 0.251 e. The fourth-order valence-electron chi connectivity index (χ4n) is 3.78. The molecule has 176 valence electrons. The van der Waals surface area contributed by atoms with Crippen molar-refractivity contribution in [3.63, 3.8) is 0 Å². The van der Waals surface area contributed by atoms with Crippen molar-refractivity contribution in [3.8, 4) is 0 Å². The maximum Gasteiger partial charge on any atom is 0.251 e. The molecule has 0 unspecified atom stereocenters. The first kappa shape index (κ1) is 23.2. The van der Waals surface area contributed by atoms with Gasteiger partial charge in [0.25, 0.3) is 5.91 Å². The number of aromatic nitrogens is 3. The minimum absolute atomic E-state index is 0.0785. The molecule has 1 N–H and O–H groups in total. The van der Waals surface area contributed by atoms with Gasteiger partial charge in [0.2, 0.25) is 5.91 Å². The number of carbonyl (C=O) groups excluding carboxylic acids is 2. The molecule has 4 rings (SSSR count). The summed E-state index contributed by atoms with van der Waals surface area (Å²) in [5, 5.41) is 11.3. The number of fused-ring (bicyclic) bond motifs is 1. The molecule has 2 aromatic carbocycles. The third kappa shape index (κ3) is 5.17. The third-order valence-corrected chi connectivity index (χ3v) is 5.63. The van der Waals surface area contributed by atoms with Gasteiger partial charge >= 0.3 is 0 Å². The number of hydrogen-bond donors (Lipinski definition) is 1. The number of para-hydroxylation sites is 1. The van der Waals surface area contributed by atoms with Crippen molar-refractivity contribution in [2.45, 2.75) is 39.8 Å². The van der Waals surface area contributed by atoms with Crippen molar-refractivity contribution in [1.82, 2.24) is 20.3 Å². The van der Waals surface area contributed by atoms with E-state index in [0.29, 0.717) is 29.4 Å². The molecule has 0 bridgehead atoms. The molecule has 0 aliphatic heterocycles. The summed E-state index contributed by atoms with van der Waals surface area (Å²) in [5.74, 6) is 0.227. The average Bonchev–Trinajstić information content (AvgIpc) is 3.48. The van der Waals surface area contributed by atoms with Crippen LogP contribution in [0.2, 0.25) is 0 Å².